The molecule has 1 aromatic carbocycles. The molecule has 0 unspecified atom stereocenters. The third-order valence-corrected chi connectivity index (χ3v) is 4.40. The second-order valence-electron chi connectivity index (χ2n) is 5.87. The Kier molecular flexibility index (Phi) is 4.81. The van der Waals surface area contributed by atoms with Crippen LogP contribution in [0.15, 0.2) is 23.1 Å². The van der Waals surface area contributed by atoms with E-state index < -0.39 is 9.84 Å². The third-order valence-electron chi connectivity index (χ3n) is 2.67. The number of aromatic hydroxyl groups is 1. The number of rotatable bonds is 4. The monoisotopic (exact) mass is 299 g/mol. The van der Waals surface area contributed by atoms with Crippen LogP contribution in [0.25, 0.3) is 0 Å². The van der Waals surface area contributed by atoms with Crippen molar-refractivity contribution in [3.05, 3.63) is 18.2 Å². The van der Waals surface area contributed by atoms with Gasteiger partial charge >= 0.3 is 0 Å². The summed E-state index contributed by atoms with van der Waals surface area (Å²) < 4.78 is 23.6. The average Bonchev–Trinajstić information content (AvgIpc) is 2.29. The number of hydrogen-bond acceptors (Lipinski definition) is 4. The van der Waals surface area contributed by atoms with Crippen molar-refractivity contribution < 1.29 is 18.3 Å². The van der Waals surface area contributed by atoms with E-state index in [0.717, 1.165) is 0 Å². The lowest BCUT2D eigenvalue weighted by atomic mass is 9.92. The summed E-state index contributed by atoms with van der Waals surface area (Å²) in [7, 11) is -3.37. The minimum atomic E-state index is -3.37. The van der Waals surface area contributed by atoms with E-state index in [1.165, 1.54) is 18.2 Å². The molecule has 1 amide bonds. The maximum absolute atomic E-state index is 11.8. The highest BCUT2D eigenvalue weighted by Crippen LogP contribution is 2.28. The third kappa shape index (κ3) is 4.52. The fraction of sp³-hybridized carbons (Fsp3) is 0.500. The fourth-order valence-corrected chi connectivity index (χ4v) is 2.56. The van der Waals surface area contributed by atoms with Gasteiger partial charge in [-0.25, -0.2) is 8.42 Å². The van der Waals surface area contributed by atoms with Gasteiger partial charge in [0.2, 0.25) is 5.91 Å². The first kappa shape index (κ1) is 16.5. The van der Waals surface area contributed by atoms with Gasteiger partial charge in [-0.05, 0) is 23.6 Å². The minimum absolute atomic E-state index is 0.0346. The number of benzene rings is 1. The van der Waals surface area contributed by atoms with Crippen LogP contribution in [-0.2, 0) is 14.6 Å². The second-order valence-corrected chi connectivity index (χ2v) is 8.15. The molecule has 0 bridgehead atoms. The lowest BCUT2D eigenvalue weighted by molar-refractivity contribution is -0.117. The van der Waals surface area contributed by atoms with E-state index in [-0.39, 0.29) is 39.8 Å². The Balaban J connectivity index is 3.02. The van der Waals surface area contributed by atoms with E-state index in [0.29, 0.717) is 0 Å². The van der Waals surface area contributed by atoms with Gasteiger partial charge in [-0.2, -0.15) is 0 Å². The van der Waals surface area contributed by atoms with E-state index in [4.69, 9.17) is 0 Å². The predicted octanol–water partition coefficient (Wildman–Crippen LogP) is 2.56. The summed E-state index contributed by atoms with van der Waals surface area (Å²) in [5, 5.41) is 12.3. The van der Waals surface area contributed by atoms with Crippen LogP contribution in [0.5, 0.6) is 5.75 Å². The number of amides is 1. The van der Waals surface area contributed by atoms with Crippen molar-refractivity contribution in [2.24, 2.45) is 5.41 Å². The molecule has 0 aliphatic heterocycles. The summed E-state index contributed by atoms with van der Waals surface area (Å²) in [5.41, 5.74) is -0.0685. The predicted molar refractivity (Wildman–Crippen MR) is 78.5 cm³/mol. The van der Waals surface area contributed by atoms with Crippen LogP contribution < -0.4 is 5.32 Å². The SMILES string of the molecule is CCS(=O)(=O)c1ccc(O)c(NC(=O)CC(C)(C)C)c1. The van der Waals surface area contributed by atoms with E-state index in [1.54, 1.807) is 6.92 Å². The minimum Gasteiger partial charge on any atom is -0.506 e. The van der Waals surface area contributed by atoms with Gasteiger partial charge in [-0.1, -0.05) is 27.7 Å². The lowest BCUT2D eigenvalue weighted by Crippen LogP contribution is -2.20. The van der Waals surface area contributed by atoms with Crippen molar-refractivity contribution in [1.29, 1.82) is 0 Å². The van der Waals surface area contributed by atoms with Crippen LogP contribution >= 0.6 is 0 Å². The number of sulfone groups is 1. The zero-order chi connectivity index (χ0) is 15.6. The summed E-state index contributed by atoms with van der Waals surface area (Å²) >= 11 is 0. The Morgan fingerprint density at radius 2 is 1.90 bits per heavy atom. The molecule has 0 radical (unpaired) electrons. The molecule has 0 aliphatic carbocycles. The van der Waals surface area contributed by atoms with Gasteiger partial charge in [-0.15, -0.1) is 0 Å². The molecule has 0 saturated carbocycles. The van der Waals surface area contributed by atoms with Crippen molar-refractivity contribution >= 4 is 21.4 Å². The highest BCUT2D eigenvalue weighted by Gasteiger charge is 2.18. The van der Waals surface area contributed by atoms with Gasteiger partial charge in [0.25, 0.3) is 0 Å². The summed E-state index contributed by atoms with van der Waals surface area (Å²) in [4.78, 5) is 11.9. The molecule has 2 N–H and O–H groups in total. The van der Waals surface area contributed by atoms with Gasteiger partial charge in [0, 0.05) is 6.42 Å². The largest absolute Gasteiger partial charge is 0.506 e. The van der Waals surface area contributed by atoms with Gasteiger partial charge in [0.05, 0.1) is 16.3 Å². The summed E-state index contributed by atoms with van der Waals surface area (Å²) in [6.45, 7) is 7.30. The number of carbonyl (C=O) groups is 1. The quantitative estimate of drug-likeness (QED) is 0.837. The molecular weight excluding hydrogens is 278 g/mol. The number of phenolic OH excluding ortho intramolecular Hbond substituents is 1. The van der Waals surface area contributed by atoms with E-state index >= 15 is 0 Å². The van der Waals surface area contributed by atoms with Crippen LogP contribution in [0.4, 0.5) is 5.69 Å². The Morgan fingerprint density at radius 3 is 2.40 bits per heavy atom. The molecule has 0 aromatic heterocycles. The average molecular weight is 299 g/mol. The first-order valence-electron chi connectivity index (χ1n) is 6.41. The van der Waals surface area contributed by atoms with E-state index in [2.05, 4.69) is 5.32 Å². The van der Waals surface area contributed by atoms with Crippen molar-refractivity contribution in [2.45, 2.75) is 39.0 Å². The number of hydrogen-bond donors (Lipinski definition) is 2. The van der Waals surface area contributed by atoms with Crippen molar-refractivity contribution in [2.75, 3.05) is 11.1 Å². The molecule has 1 rings (SSSR count). The Labute approximate surface area is 119 Å². The summed E-state index contributed by atoms with van der Waals surface area (Å²) in [6.07, 6.45) is 0.275. The Hall–Kier alpha value is -1.56. The lowest BCUT2D eigenvalue weighted by Gasteiger charge is -2.17. The maximum atomic E-state index is 11.8. The molecule has 1 aromatic rings. The highest BCUT2D eigenvalue weighted by molar-refractivity contribution is 7.91. The molecule has 6 heteroatoms. The standard InChI is InChI=1S/C14H21NO4S/c1-5-20(18,19)10-6-7-12(16)11(8-10)15-13(17)9-14(2,3)4/h6-8,16H,5,9H2,1-4H3,(H,15,17). The van der Waals surface area contributed by atoms with Crippen LogP contribution in [0, 0.1) is 5.41 Å². The van der Waals surface area contributed by atoms with Crippen LogP contribution in [-0.4, -0.2) is 25.2 Å². The van der Waals surface area contributed by atoms with Gasteiger partial charge in [0.1, 0.15) is 5.75 Å². The number of phenols is 1. The molecule has 0 heterocycles. The van der Waals surface area contributed by atoms with Gasteiger partial charge < -0.3 is 10.4 Å². The Morgan fingerprint density at radius 1 is 1.30 bits per heavy atom. The molecule has 20 heavy (non-hydrogen) atoms. The van der Waals surface area contributed by atoms with Crippen LogP contribution in [0.1, 0.15) is 34.1 Å². The number of nitrogens with one attached hydrogen (secondary N) is 1. The normalized spacial score (nSPS) is 12.2. The van der Waals surface area contributed by atoms with Crippen molar-refractivity contribution in [3.63, 3.8) is 0 Å². The highest BCUT2D eigenvalue weighted by atomic mass is 32.2. The fourth-order valence-electron chi connectivity index (χ4n) is 1.65. The molecule has 0 spiro atoms. The Bertz CT molecular complexity index is 600. The van der Waals surface area contributed by atoms with Gasteiger partial charge in [-0.3, -0.25) is 4.79 Å². The molecule has 0 fully saturated rings. The summed E-state index contributed by atoms with van der Waals surface area (Å²) in [5.74, 6) is -0.450. The smallest absolute Gasteiger partial charge is 0.224 e. The molecule has 0 aliphatic rings. The number of anilines is 1. The molecule has 0 saturated heterocycles. The van der Waals surface area contributed by atoms with Crippen LogP contribution in [0.2, 0.25) is 0 Å². The molecule has 5 nitrogen and oxygen atoms in total. The molecule has 112 valence electrons. The van der Waals surface area contributed by atoms with E-state index in [1.807, 2.05) is 20.8 Å². The van der Waals surface area contributed by atoms with E-state index in [9.17, 15) is 18.3 Å². The molecule has 0 atom stereocenters. The zero-order valence-electron chi connectivity index (χ0n) is 12.2. The van der Waals surface area contributed by atoms with Crippen molar-refractivity contribution in [3.8, 4) is 5.75 Å². The summed E-state index contributed by atoms with van der Waals surface area (Å²) in [6, 6.07) is 3.89. The van der Waals surface area contributed by atoms with Crippen molar-refractivity contribution in [1.82, 2.24) is 0 Å². The second kappa shape index (κ2) is 5.83. The number of carbonyl (C=O) groups excluding carboxylic acids is 1. The zero-order valence-corrected chi connectivity index (χ0v) is 13.0. The topological polar surface area (TPSA) is 83.5 Å². The van der Waals surface area contributed by atoms with Gasteiger partial charge in [0.15, 0.2) is 9.84 Å². The maximum Gasteiger partial charge on any atom is 0.224 e. The van der Waals surface area contributed by atoms with Crippen LogP contribution in [0.3, 0.4) is 0 Å². The first-order chi connectivity index (χ1) is 9.05. The first-order valence-corrected chi connectivity index (χ1v) is 8.06. The molecular formula is C14H21NO4S.